The number of anilines is 1. The van der Waals surface area contributed by atoms with Crippen LogP contribution in [0.5, 0.6) is 0 Å². The van der Waals surface area contributed by atoms with Crippen LogP contribution < -0.4 is 4.90 Å². The summed E-state index contributed by atoms with van der Waals surface area (Å²) >= 11 is 0. The van der Waals surface area contributed by atoms with Crippen molar-refractivity contribution in [2.24, 2.45) is 0 Å². The number of aliphatic hydroxyl groups excluding tert-OH is 2. The Hall–Kier alpha value is -1.66. The van der Waals surface area contributed by atoms with E-state index in [1.165, 1.54) is 7.11 Å². The van der Waals surface area contributed by atoms with Gasteiger partial charge in [-0.1, -0.05) is 0 Å². The Morgan fingerprint density at radius 2 is 2.12 bits per heavy atom. The third-order valence-electron chi connectivity index (χ3n) is 2.75. The number of pyridine rings is 1. The molecule has 2 rings (SSSR count). The molecule has 2 N–H and O–H groups in total. The van der Waals surface area contributed by atoms with Crippen LogP contribution in [0.2, 0.25) is 0 Å². The largest absolute Gasteiger partial charge is 0.465 e. The summed E-state index contributed by atoms with van der Waals surface area (Å²) in [5, 5.41) is 19.0. The van der Waals surface area contributed by atoms with E-state index >= 15 is 0 Å². The van der Waals surface area contributed by atoms with Crippen LogP contribution in [0.1, 0.15) is 10.4 Å². The fourth-order valence-corrected chi connectivity index (χ4v) is 1.86. The van der Waals surface area contributed by atoms with E-state index in [2.05, 4.69) is 9.72 Å². The average Bonchev–Trinajstić information content (AvgIpc) is 2.68. The van der Waals surface area contributed by atoms with Gasteiger partial charge in [0.2, 0.25) is 0 Å². The van der Waals surface area contributed by atoms with Crippen LogP contribution in [-0.2, 0) is 4.74 Å². The normalized spacial score (nSPS) is 23.8. The maximum atomic E-state index is 11.5. The van der Waals surface area contributed by atoms with Crippen molar-refractivity contribution in [2.45, 2.75) is 12.2 Å². The van der Waals surface area contributed by atoms with Crippen molar-refractivity contribution in [3.63, 3.8) is 0 Å². The molecule has 92 valence electrons. The Morgan fingerprint density at radius 1 is 1.47 bits per heavy atom. The van der Waals surface area contributed by atoms with Gasteiger partial charge in [0.1, 0.15) is 11.4 Å². The number of carbonyl (C=O) groups excluding carboxylic acids is 1. The lowest BCUT2D eigenvalue weighted by atomic mass is 10.2. The van der Waals surface area contributed by atoms with Crippen molar-refractivity contribution < 1.29 is 19.7 Å². The monoisotopic (exact) mass is 238 g/mol. The second-order valence-corrected chi connectivity index (χ2v) is 3.91. The van der Waals surface area contributed by atoms with Crippen LogP contribution in [0.3, 0.4) is 0 Å². The molecule has 1 aliphatic rings. The lowest BCUT2D eigenvalue weighted by molar-refractivity contribution is 0.0572. The molecule has 0 amide bonds. The molecule has 0 saturated carbocycles. The highest BCUT2D eigenvalue weighted by molar-refractivity contribution is 5.94. The van der Waals surface area contributed by atoms with Crippen molar-refractivity contribution in [2.75, 3.05) is 25.1 Å². The highest BCUT2D eigenvalue weighted by atomic mass is 16.5. The smallest absolute Gasteiger partial charge is 0.341 e. The summed E-state index contributed by atoms with van der Waals surface area (Å²) in [7, 11) is 1.30. The highest BCUT2D eigenvalue weighted by Gasteiger charge is 2.32. The van der Waals surface area contributed by atoms with Crippen LogP contribution >= 0.6 is 0 Å². The molecular formula is C11H14N2O4. The summed E-state index contributed by atoms with van der Waals surface area (Å²) in [5.41, 5.74) is 0.330. The van der Waals surface area contributed by atoms with Crippen molar-refractivity contribution in [3.8, 4) is 0 Å². The van der Waals surface area contributed by atoms with E-state index in [1.54, 1.807) is 23.2 Å². The van der Waals surface area contributed by atoms with Crippen LogP contribution in [0.4, 0.5) is 5.82 Å². The van der Waals surface area contributed by atoms with Crippen LogP contribution in [0, 0.1) is 0 Å². The first-order valence-corrected chi connectivity index (χ1v) is 5.28. The van der Waals surface area contributed by atoms with Gasteiger partial charge in [0.25, 0.3) is 0 Å². The lowest BCUT2D eigenvalue weighted by Crippen LogP contribution is -2.24. The predicted octanol–water partition coefficient (Wildman–Crippen LogP) is -0.590. The zero-order valence-electron chi connectivity index (χ0n) is 9.41. The lowest BCUT2D eigenvalue weighted by Gasteiger charge is -2.18. The van der Waals surface area contributed by atoms with E-state index < -0.39 is 18.2 Å². The zero-order valence-corrected chi connectivity index (χ0v) is 9.41. The van der Waals surface area contributed by atoms with Gasteiger partial charge in [-0.3, -0.25) is 0 Å². The standard InChI is InChI=1S/C11H14N2O4/c1-17-11(16)7-3-2-4-12-10(7)13-5-8(14)9(15)6-13/h2-4,8-9,14-15H,5-6H2,1H3. The fourth-order valence-electron chi connectivity index (χ4n) is 1.86. The Labute approximate surface area is 98.5 Å². The van der Waals surface area contributed by atoms with Crippen molar-refractivity contribution in [1.29, 1.82) is 0 Å². The van der Waals surface area contributed by atoms with E-state index in [9.17, 15) is 15.0 Å². The third-order valence-corrected chi connectivity index (χ3v) is 2.75. The molecule has 6 nitrogen and oxygen atoms in total. The summed E-state index contributed by atoms with van der Waals surface area (Å²) < 4.78 is 4.66. The second-order valence-electron chi connectivity index (χ2n) is 3.91. The van der Waals surface area contributed by atoms with Gasteiger partial charge in [-0.25, -0.2) is 9.78 Å². The van der Waals surface area contributed by atoms with Gasteiger partial charge < -0.3 is 19.8 Å². The van der Waals surface area contributed by atoms with Crippen LogP contribution in [0.25, 0.3) is 0 Å². The van der Waals surface area contributed by atoms with Crippen LogP contribution in [0.15, 0.2) is 18.3 Å². The third kappa shape index (κ3) is 2.22. The molecule has 1 aromatic rings. The number of hydrogen-bond donors (Lipinski definition) is 2. The molecule has 1 fully saturated rings. The molecular weight excluding hydrogens is 224 g/mol. The number of ether oxygens (including phenoxy) is 1. The molecule has 1 aliphatic heterocycles. The van der Waals surface area contributed by atoms with Crippen LogP contribution in [-0.4, -0.2) is 53.6 Å². The maximum Gasteiger partial charge on any atom is 0.341 e. The van der Waals surface area contributed by atoms with Gasteiger partial charge in [0.15, 0.2) is 0 Å². The first-order valence-electron chi connectivity index (χ1n) is 5.28. The average molecular weight is 238 g/mol. The molecule has 17 heavy (non-hydrogen) atoms. The topological polar surface area (TPSA) is 82.9 Å². The minimum atomic E-state index is -0.817. The van der Waals surface area contributed by atoms with E-state index in [0.29, 0.717) is 11.4 Å². The summed E-state index contributed by atoms with van der Waals surface area (Å²) in [6, 6.07) is 3.24. The molecule has 2 heterocycles. The fraction of sp³-hybridized carbons (Fsp3) is 0.455. The molecule has 0 aromatic carbocycles. The Bertz CT molecular complexity index is 414. The van der Waals surface area contributed by atoms with E-state index in [0.717, 1.165) is 0 Å². The molecule has 1 aromatic heterocycles. The number of aliphatic hydroxyl groups is 2. The first kappa shape index (κ1) is 11.8. The van der Waals surface area contributed by atoms with Crippen molar-refractivity contribution >= 4 is 11.8 Å². The van der Waals surface area contributed by atoms with E-state index in [-0.39, 0.29) is 13.1 Å². The summed E-state index contributed by atoms with van der Waals surface area (Å²) in [6.45, 7) is 0.504. The van der Waals surface area contributed by atoms with Crippen molar-refractivity contribution in [1.82, 2.24) is 4.98 Å². The molecule has 1 saturated heterocycles. The first-order chi connectivity index (χ1) is 8.13. The minimum Gasteiger partial charge on any atom is -0.465 e. The zero-order chi connectivity index (χ0) is 12.4. The van der Waals surface area contributed by atoms with Crippen molar-refractivity contribution in [3.05, 3.63) is 23.9 Å². The van der Waals surface area contributed by atoms with Gasteiger partial charge in [-0.2, -0.15) is 0 Å². The molecule has 0 bridgehead atoms. The number of methoxy groups -OCH3 is 1. The highest BCUT2D eigenvalue weighted by Crippen LogP contribution is 2.22. The SMILES string of the molecule is COC(=O)c1cccnc1N1CC(O)C(O)C1. The Kier molecular flexibility index (Phi) is 3.26. The summed E-state index contributed by atoms with van der Waals surface area (Å²) in [6.07, 6.45) is -0.0798. The van der Waals surface area contributed by atoms with Gasteiger partial charge >= 0.3 is 5.97 Å². The number of nitrogens with zero attached hydrogens (tertiary/aromatic N) is 2. The van der Waals surface area contributed by atoms with E-state index in [4.69, 9.17) is 0 Å². The number of rotatable bonds is 2. The van der Waals surface area contributed by atoms with Gasteiger partial charge in [-0.15, -0.1) is 0 Å². The van der Waals surface area contributed by atoms with Gasteiger partial charge in [0.05, 0.1) is 19.3 Å². The summed E-state index contributed by atoms with van der Waals surface area (Å²) in [5.74, 6) is -0.0565. The number of carbonyl (C=O) groups is 1. The Morgan fingerprint density at radius 3 is 2.71 bits per heavy atom. The Balaban J connectivity index is 2.30. The van der Waals surface area contributed by atoms with Gasteiger partial charge in [0, 0.05) is 19.3 Å². The molecule has 2 atom stereocenters. The minimum absolute atomic E-state index is 0.252. The number of esters is 1. The molecule has 0 aliphatic carbocycles. The van der Waals surface area contributed by atoms with Gasteiger partial charge in [-0.05, 0) is 12.1 Å². The van der Waals surface area contributed by atoms with E-state index in [1.807, 2.05) is 0 Å². The molecule has 0 radical (unpaired) electrons. The number of β-amino-alcohol motifs (C(OH)–C–C–N with tert-alkyl or cyclic N) is 2. The summed E-state index contributed by atoms with van der Waals surface area (Å²) in [4.78, 5) is 17.3. The second kappa shape index (κ2) is 4.68. The quantitative estimate of drug-likeness (QED) is 0.670. The molecule has 2 unspecified atom stereocenters. The molecule has 6 heteroatoms. The number of aromatic nitrogens is 1. The maximum absolute atomic E-state index is 11.5. The number of hydrogen-bond acceptors (Lipinski definition) is 6. The molecule has 0 spiro atoms. The predicted molar refractivity (Wildman–Crippen MR) is 59.8 cm³/mol.